The van der Waals surface area contributed by atoms with Crippen molar-refractivity contribution in [2.45, 2.75) is 32.6 Å². The van der Waals surface area contributed by atoms with Crippen LogP contribution in [-0.2, 0) is 6.42 Å². The average Bonchev–Trinajstić information content (AvgIpc) is 3.08. The summed E-state index contributed by atoms with van der Waals surface area (Å²) in [6, 6.07) is 5.94. The number of hydrogen-bond acceptors (Lipinski definition) is 4. The van der Waals surface area contributed by atoms with E-state index in [0.717, 1.165) is 49.3 Å². The Morgan fingerprint density at radius 1 is 1.19 bits per heavy atom. The third kappa shape index (κ3) is 6.60. The number of nitrogens with zero attached hydrogens (tertiary/aromatic N) is 5. The third-order valence-electron chi connectivity index (χ3n) is 5.07. The summed E-state index contributed by atoms with van der Waals surface area (Å²) in [5, 5.41) is 15.2. The van der Waals surface area contributed by atoms with Gasteiger partial charge in [0.15, 0.2) is 11.6 Å². The topological polar surface area (TPSA) is 69.8 Å². The molecule has 3 rings (SSSR count). The van der Waals surface area contributed by atoms with E-state index in [1.54, 1.807) is 0 Å². The van der Waals surface area contributed by atoms with Crippen LogP contribution in [0.5, 0.6) is 0 Å². The predicted octanol–water partition coefficient (Wildman–Crippen LogP) is 2.18. The Hall–Kier alpha value is -1.42. The molecule has 0 bridgehead atoms. The molecule has 0 spiro atoms. The molecule has 0 aliphatic carbocycles. The van der Waals surface area contributed by atoms with Gasteiger partial charge >= 0.3 is 0 Å². The van der Waals surface area contributed by atoms with Crippen LogP contribution in [0.2, 0.25) is 0 Å². The van der Waals surface area contributed by atoms with Crippen molar-refractivity contribution < 1.29 is 0 Å². The molecule has 1 saturated heterocycles. The Balaban J connectivity index is 0.00000261. The van der Waals surface area contributed by atoms with Gasteiger partial charge in [0.25, 0.3) is 0 Å². The molecular weight excluding hydrogens is 453 g/mol. The number of nitrogens with one attached hydrogen (secondary N) is 2. The first-order valence-corrected chi connectivity index (χ1v) is 9.72. The minimum Gasteiger partial charge on any atom is -0.356 e. The number of piperidine rings is 1. The molecule has 1 fully saturated rings. The Morgan fingerprint density at radius 2 is 1.96 bits per heavy atom. The Labute approximate surface area is 179 Å². The van der Waals surface area contributed by atoms with Gasteiger partial charge in [0.1, 0.15) is 5.82 Å². The fourth-order valence-corrected chi connectivity index (χ4v) is 3.37. The van der Waals surface area contributed by atoms with Crippen molar-refractivity contribution in [3.8, 4) is 0 Å². The van der Waals surface area contributed by atoms with Gasteiger partial charge < -0.3 is 15.5 Å². The van der Waals surface area contributed by atoms with Crippen LogP contribution >= 0.6 is 24.0 Å². The molecule has 0 atom stereocenters. The molecule has 2 N–H and O–H groups in total. The van der Waals surface area contributed by atoms with E-state index in [2.05, 4.69) is 37.6 Å². The van der Waals surface area contributed by atoms with Gasteiger partial charge in [0.2, 0.25) is 0 Å². The molecule has 1 aliphatic heterocycles. The normalized spacial score (nSPS) is 16.3. The van der Waals surface area contributed by atoms with Crippen molar-refractivity contribution >= 4 is 35.6 Å². The van der Waals surface area contributed by atoms with E-state index in [0.29, 0.717) is 0 Å². The van der Waals surface area contributed by atoms with E-state index in [1.165, 1.54) is 32.5 Å². The minimum absolute atomic E-state index is 0. The minimum atomic E-state index is 0. The highest BCUT2D eigenvalue weighted by molar-refractivity contribution is 14.0. The van der Waals surface area contributed by atoms with Crippen molar-refractivity contribution in [1.29, 1.82) is 0 Å². The lowest BCUT2D eigenvalue weighted by molar-refractivity contribution is 0.191. The van der Waals surface area contributed by atoms with Crippen molar-refractivity contribution in [3.63, 3.8) is 0 Å². The van der Waals surface area contributed by atoms with E-state index in [9.17, 15) is 0 Å². The van der Waals surface area contributed by atoms with Crippen LogP contribution in [0.25, 0.3) is 5.65 Å². The maximum atomic E-state index is 4.30. The van der Waals surface area contributed by atoms with Crippen molar-refractivity contribution in [2.75, 3.05) is 39.8 Å². The summed E-state index contributed by atoms with van der Waals surface area (Å²) in [6.45, 7) is 7.75. The molecule has 0 amide bonds. The fourth-order valence-electron chi connectivity index (χ4n) is 3.37. The number of halogens is 1. The zero-order valence-electron chi connectivity index (χ0n) is 16.4. The van der Waals surface area contributed by atoms with Gasteiger partial charge in [0, 0.05) is 32.8 Å². The second-order valence-electron chi connectivity index (χ2n) is 7.10. The Kier molecular flexibility index (Phi) is 9.26. The van der Waals surface area contributed by atoms with Crippen LogP contribution in [-0.4, -0.2) is 65.2 Å². The van der Waals surface area contributed by atoms with E-state index < -0.39 is 0 Å². The Morgan fingerprint density at radius 3 is 2.74 bits per heavy atom. The lowest BCUT2D eigenvalue weighted by Crippen LogP contribution is -2.40. The van der Waals surface area contributed by atoms with E-state index in [4.69, 9.17) is 0 Å². The van der Waals surface area contributed by atoms with Crippen LogP contribution in [0, 0.1) is 5.92 Å². The summed E-state index contributed by atoms with van der Waals surface area (Å²) in [6.07, 6.45) is 6.63. The molecule has 150 valence electrons. The highest BCUT2D eigenvalue weighted by Gasteiger charge is 2.14. The first kappa shape index (κ1) is 21.9. The smallest absolute Gasteiger partial charge is 0.190 e. The zero-order chi connectivity index (χ0) is 18.2. The van der Waals surface area contributed by atoms with Gasteiger partial charge in [-0.1, -0.05) is 13.0 Å². The molecular formula is C19H32IN7. The second kappa shape index (κ2) is 11.4. The molecule has 1 aliphatic rings. The number of aliphatic imine (C=N–C) groups is 1. The SMILES string of the molecule is CN=C(NCCCN1CCC(C)CC1)NCCc1nnc2ccccn12.I. The average molecular weight is 485 g/mol. The van der Waals surface area contributed by atoms with Crippen LogP contribution in [0.1, 0.15) is 32.0 Å². The first-order valence-electron chi connectivity index (χ1n) is 9.72. The van der Waals surface area contributed by atoms with Crippen LogP contribution < -0.4 is 10.6 Å². The maximum absolute atomic E-state index is 4.30. The first-order chi connectivity index (χ1) is 12.8. The van der Waals surface area contributed by atoms with Crippen molar-refractivity contribution in [2.24, 2.45) is 10.9 Å². The molecule has 2 aromatic rings. The van der Waals surface area contributed by atoms with Crippen LogP contribution in [0.4, 0.5) is 0 Å². The van der Waals surface area contributed by atoms with Gasteiger partial charge in [-0.15, -0.1) is 34.2 Å². The van der Waals surface area contributed by atoms with Gasteiger partial charge in [-0.25, -0.2) is 0 Å². The van der Waals surface area contributed by atoms with Crippen LogP contribution in [0.3, 0.4) is 0 Å². The Bertz CT molecular complexity index is 707. The predicted molar refractivity (Wildman–Crippen MR) is 121 cm³/mol. The molecule has 0 radical (unpaired) electrons. The van der Waals surface area contributed by atoms with Crippen molar-refractivity contribution in [1.82, 2.24) is 30.1 Å². The monoisotopic (exact) mass is 485 g/mol. The van der Waals surface area contributed by atoms with Gasteiger partial charge in [-0.2, -0.15) is 0 Å². The molecule has 27 heavy (non-hydrogen) atoms. The van der Waals surface area contributed by atoms with Gasteiger partial charge in [0.05, 0.1) is 0 Å². The third-order valence-corrected chi connectivity index (χ3v) is 5.07. The fraction of sp³-hybridized carbons (Fsp3) is 0.632. The molecule has 7 nitrogen and oxygen atoms in total. The van der Waals surface area contributed by atoms with Gasteiger partial charge in [-0.05, 0) is 56.9 Å². The maximum Gasteiger partial charge on any atom is 0.190 e. The summed E-state index contributed by atoms with van der Waals surface area (Å²) in [4.78, 5) is 6.88. The summed E-state index contributed by atoms with van der Waals surface area (Å²) < 4.78 is 2.03. The molecule has 3 heterocycles. The molecule has 8 heteroatoms. The highest BCUT2D eigenvalue weighted by Crippen LogP contribution is 2.15. The molecule has 0 unspecified atom stereocenters. The molecule has 2 aromatic heterocycles. The second-order valence-corrected chi connectivity index (χ2v) is 7.10. The number of rotatable bonds is 7. The standard InChI is InChI=1S/C19H31N7.HI/c1-16-8-14-25(15-9-16)12-5-10-21-19(20-2)22-11-7-18-24-23-17-6-3-4-13-26(17)18;/h3-4,6,13,16H,5,7-12,14-15H2,1-2H3,(H2,20,21,22);1H. The molecule has 0 aromatic carbocycles. The van der Waals surface area contributed by atoms with Gasteiger partial charge in [-0.3, -0.25) is 9.39 Å². The highest BCUT2D eigenvalue weighted by atomic mass is 127. The molecule has 0 saturated carbocycles. The largest absolute Gasteiger partial charge is 0.356 e. The summed E-state index contributed by atoms with van der Waals surface area (Å²) >= 11 is 0. The lowest BCUT2D eigenvalue weighted by Gasteiger charge is -2.30. The van der Waals surface area contributed by atoms with Crippen molar-refractivity contribution in [3.05, 3.63) is 30.2 Å². The number of fused-ring (bicyclic) bond motifs is 1. The quantitative estimate of drug-likeness (QED) is 0.272. The number of likely N-dealkylation sites (tertiary alicyclic amines) is 1. The van der Waals surface area contributed by atoms with E-state index in [-0.39, 0.29) is 24.0 Å². The number of hydrogen-bond donors (Lipinski definition) is 2. The zero-order valence-corrected chi connectivity index (χ0v) is 18.7. The number of aromatic nitrogens is 3. The lowest BCUT2D eigenvalue weighted by atomic mass is 9.99. The summed E-state index contributed by atoms with van der Waals surface area (Å²) in [5.74, 6) is 2.71. The number of guanidine groups is 1. The number of pyridine rings is 1. The van der Waals surface area contributed by atoms with Crippen LogP contribution in [0.15, 0.2) is 29.4 Å². The van der Waals surface area contributed by atoms with E-state index in [1.807, 2.05) is 35.8 Å². The summed E-state index contributed by atoms with van der Waals surface area (Å²) in [5.41, 5.74) is 0.886. The summed E-state index contributed by atoms with van der Waals surface area (Å²) in [7, 11) is 1.81. The van der Waals surface area contributed by atoms with E-state index >= 15 is 0 Å².